The maximum absolute atomic E-state index is 12.9. The van der Waals surface area contributed by atoms with E-state index in [-0.39, 0.29) is 11.3 Å². The fourth-order valence-electron chi connectivity index (χ4n) is 3.53. The van der Waals surface area contributed by atoms with Crippen molar-refractivity contribution in [2.24, 2.45) is 0 Å². The van der Waals surface area contributed by atoms with E-state index in [9.17, 15) is 4.79 Å². The lowest BCUT2D eigenvalue weighted by Gasteiger charge is -2.29. The molecule has 0 radical (unpaired) electrons. The number of nitrogens with zero attached hydrogens (tertiary/aromatic N) is 2. The maximum Gasteiger partial charge on any atom is 0.230 e. The van der Waals surface area contributed by atoms with E-state index < -0.39 is 0 Å². The van der Waals surface area contributed by atoms with Crippen LogP contribution in [0.25, 0.3) is 0 Å². The van der Waals surface area contributed by atoms with Gasteiger partial charge in [-0.15, -0.1) is 0 Å². The molecule has 2 heterocycles. The Balaban J connectivity index is 1.47. The van der Waals surface area contributed by atoms with Gasteiger partial charge in [0.15, 0.2) is 0 Å². The molecule has 2 aliphatic rings. The van der Waals surface area contributed by atoms with Crippen LogP contribution in [-0.4, -0.2) is 37.2 Å². The summed E-state index contributed by atoms with van der Waals surface area (Å²) in [5.74, 6) is 1.05. The van der Waals surface area contributed by atoms with E-state index in [1.54, 1.807) is 6.20 Å². The number of carbonyl (C=O) groups is 1. The minimum absolute atomic E-state index is 0.104. The second-order valence-corrected chi connectivity index (χ2v) is 7.78. The average molecular weight is 416 g/mol. The Labute approximate surface area is 161 Å². The number of aromatic nitrogens is 1. The van der Waals surface area contributed by atoms with E-state index in [2.05, 4.69) is 37.2 Å². The van der Waals surface area contributed by atoms with Crippen molar-refractivity contribution in [1.82, 2.24) is 10.3 Å². The first-order chi connectivity index (χ1) is 12.7. The van der Waals surface area contributed by atoms with Crippen LogP contribution < -0.4 is 10.2 Å². The van der Waals surface area contributed by atoms with Gasteiger partial charge in [0.1, 0.15) is 5.82 Å². The van der Waals surface area contributed by atoms with Crippen LogP contribution in [0.15, 0.2) is 47.1 Å². The molecular weight excluding hydrogens is 394 g/mol. The van der Waals surface area contributed by atoms with Crippen LogP contribution in [0.4, 0.5) is 5.82 Å². The van der Waals surface area contributed by atoms with Crippen LogP contribution in [0.1, 0.15) is 24.0 Å². The van der Waals surface area contributed by atoms with E-state index in [0.717, 1.165) is 47.3 Å². The predicted molar refractivity (Wildman–Crippen MR) is 104 cm³/mol. The average Bonchev–Trinajstić information content (AvgIpc) is 3.49. The number of benzene rings is 1. The van der Waals surface area contributed by atoms with Crippen molar-refractivity contribution >= 4 is 27.7 Å². The number of nitrogens with one attached hydrogen (secondary N) is 1. The lowest BCUT2D eigenvalue weighted by Crippen LogP contribution is -2.38. The number of hydrogen-bond donors (Lipinski definition) is 1. The molecule has 1 saturated carbocycles. The van der Waals surface area contributed by atoms with E-state index in [1.165, 1.54) is 0 Å². The fourth-order valence-corrected chi connectivity index (χ4v) is 3.93. The molecule has 1 aromatic heterocycles. The van der Waals surface area contributed by atoms with Crippen LogP contribution in [0.5, 0.6) is 0 Å². The first kappa shape index (κ1) is 17.5. The Morgan fingerprint density at radius 3 is 2.77 bits per heavy atom. The van der Waals surface area contributed by atoms with Gasteiger partial charge in [-0.05, 0) is 36.6 Å². The molecule has 2 fully saturated rings. The number of anilines is 1. The van der Waals surface area contributed by atoms with Gasteiger partial charge >= 0.3 is 0 Å². The number of halogens is 1. The summed E-state index contributed by atoms with van der Waals surface area (Å²) in [6.07, 6.45) is 3.61. The highest BCUT2D eigenvalue weighted by atomic mass is 79.9. The molecule has 0 atom stereocenters. The third-order valence-electron chi connectivity index (χ3n) is 5.18. The number of hydrogen-bond acceptors (Lipinski definition) is 4. The third kappa shape index (κ3) is 3.48. The van der Waals surface area contributed by atoms with E-state index in [1.807, 2.05) is 30.3 Å². The van der Waals surface area contributed by atoms with Gasteiger partial charge in [0.25, 0.3) is 0 Å². The summed E-state index contributed by atoms with van der Waals surface area (Å²) in [5.41, 5.74) is 1.77. The number of ether oxygens (including phenoxy) is 1. The molecule has 4 rings (SSSR count). The van der Waals surface area contributed by atoms with Crippen LogP contribution in [0, 0.1) is 0 Å². The van der Waals surface area contributed by atoms with E-state index in [0.29, 0.717) is 19.8 Å². The molecule has 1 saturated heterocycles. The summed E-state index contributed by atoms with van der Waals surface area (Å²) in [7, 11) is 0. The number of rotatable bonds is 5. The Bertz CT molecular complexity index is 801. The first-order valence-electron chi connectivity index (χ1n) is 9.00. The number of morpholine rings is 1. The molecule has 0 bridgehead atoms. The zero-order valence-electron chi connectivity index (χ0n) is 14.6. The van der Waals surface area contributed by atoms with Gasteiger partial charge in [-0.2, -0.15) is 0 Å². The number of amides is 1. The largest absolute Gasteiger partial charge is 0.378 e. The second-order valence-electron chi connectivity index (χ2n) is 6.86. The molecule has 1 aliphatic carbocycles. The lowest BCUT2D eigenvalue weighted by atomic mass is 9.95. The summed E-state index contributed by atoms with van der Waals surface area (Å²) >= 11 is 3.51. The van der Waals surface area contributed by atoms with Crippen LogP contribution in [-0.2, 0) is 21.5 Å². The Kier molecular flexibility index (Phi) is 4.96. The van der Waals surface area contributed by atoms with Gasteiger partial charge < -0.3 is 15.0 Å². The van der Waals surface area contributed by atoms with E-state index >= 15 is 0 Å². The minimum atomic E-state index is -0.370. The highest BCUT2D eigenvalue weighted by Gasteiger charge is 2.51. The van der Waals surface area contributed by atoms with Crippen LogP contribution in [0.2, 0.25) is 0 Å². The summed E-state index contributed by atoms with van der Waals surface area (Å²) in [5, 5.41) is 3.15. The molecule has 0 unspecified atom stereocenters. The summed E-state index contributed by atoms with van der Waals surface area (Å²) in [4.78, 5) is 19.7. The fraction of sp³-hybridized carbons (Fsp3) is 0.400. The Hall–Kier alpha value is -1.92. The van der Waals surface area contributed by atoms with Crippen molar-refractivity contribution in [3.05, 3.63) is 58.2 Å². The Morgan fingerprint density at radius 2 is 2.04 bits per heavy atom. The smallest absolute Gasteiger partial charge is 0.230 e. The van der Waals surface area contributed by atoms with Gasteiger partial charge in [0.05, 0.1) is 18.6 Å². The summed E-state index contributed by atoms with van der Waals surface area (Å²) in [6, 6.07) is 12.0. The molecule has 1 aromatic carbocycles. The van der Waals surface area contributed by atoms with Gasteiger partial charge in [0.2, 0.25) is 5.91 Å². The summed E-state index contributed by atoms with van der Waals surface area (Å²) < 4.78 is 6.44. The number of pyridine rings is 1. The van der Waals surface area contributed by atoms with Crippen LogP contribution >= 0.6 is 15.9 Å². The highest BCUT2D eigenvalue weighted by molar-refractivity contribution is 9.10. The number of carbonyl (C=O) groups excluding carboxylic acids is 1. The standard InChI is InChI=1S/C20H22BrN3O2/c21-17-5-1-4-16(13-17)20(6-7-20)19(25)23-14-15-3-2-8-22-18(15)24-9-11-26-12-10-24/h1-5,8,13H,6-7,9-12,14H2,(H,23,25). The molecular formula is C20H22BrN3O2. The molecule has 5 nitrogen and oxygen atoms in total. The molecule has 1 amide bonds. The predicted octanol–water partition coefficient (Wildman–Crippen LogP) is 3.03. The van der Waals surface area contributed by atoms with Gasteiger partial charge in [-0.25, -0.2) is 4.98 Å². The topological polar surface area (TPSA) is 54.5 Å². The van der Waals surface area contributed by atoms with Crippen molar-refractivity contribution in [2.45, 2.75) is 24.8 Å². The van der Waals surface area contributed by atoms with E-state index in [4.69, 9.17) is 4.74 Å². The molecule has 26 heavy (non-hydrogen) atoms. The monoisotopic (exact) mass is 415 g/mol. The maximum atomic E-state index is 12.9. The molecule has 2 aromatic rings. The van der Waals surface area contributed by atoms with Crippen molar-refractivity contribution < 1.29 is 9.53 Å². The highest BCUT2D eigenvalue weighted by Crippen LogP contribution is 2.48. The zero-order chi connectivity index (χ0) is 18.0. The lowest BCUT2D eigenvalue weighted by molar-refractivity contribution is -0.123. The molecule has 0 spiro atoms. The SMILES string of the molecule is O=C(NCc1cccnc1N1CCOCC1)C1(c2cccc(Br)c2)CC1. The third-order valence-corrected chi connectivity index (χ3v) is 5.67. The van der Waals surface area contributed by atoms with Crippen molar-refractivity contribution in [2.75, 3.05) is 31.2 Å². The summed E-state index contributed by atoms with van der Waals surface area (Å²) in [6.45, 7) is 3.59. The van der Waals surface area contributed by atoms with Crippen LogP contribution in [0.3, 0.4) is 0 Å². The Morgan fingerprint density at radius 1 is 1.23 bits per heavy atom. The van der Waals surface area contributed by atoms with Crippen molar-refractivity contribution in [3.63, 3.8) is 0 Å². The molecule has 6 heteroatoms. The zero-order valence-corrected chi connectivity index (χ0v) is 16.2. The second kappa shape index (κ2) is 7.37. The minimum Gasteiger partial charge on any atom is -0.378 e. The molecule has 1 N–H and O–H groups in total. The molecule has 136 valence electrons. The van der Waals surface area contributed by atoms with Gasteiger partial charge in [-0.1, -0.05) is 34.1 Å². The van der Waals surface area contributed by atoms with Crippen molar-refractivity contribution in [1.29, 1.82) is 0 Å². The quantitative estimate of drug-likeness (QED) is 0.815. The van der Waals surface area contributed by atoms with Gasteiger partial charge in [-0.3, -0.25) is 4.79 Å². The normalized spacial score (nSPS) is 18.4. The van der Waals surface area contributed by atoms with Crippen molar-refractivity contribution in [3.8, 4) is 0 Å². The molecule has 1 aliphatic heterocycles. The first-order valence-corrected chi connectivity index (χ1v) is 9.79. The van der Waals surface area contributed by atoms with Gasteiger partial charge in [0, 0.05) is 35.9 Å².